The maximum Gasteiger partial charge on any atom is 0.323 e. The fourth-order valence-corrected chi connectivity index (χ4v) is 2.20. The number of ether oxygens (including phenoxy) is 1. The van der Waals surface area contributed by atoms with Crippen molar-refractivity contribution in [2.45, 2.75) is 45.1 Å². The van der Waals surface area contributed by atoms with Gasteiger partial charge in [-0.2, -0.15) is 11.8 Å². The molecule has 0 aromatic carbocycles. The largest absolute Gasteiger partial charge is 0.468 e. The minimum Gasteiger partial charge on any atom is -0.468 e. The van der Waals surface area contributed by atoms with Crippen LogP contribution in [0.1, 0.15) is 39.0 Å². The second-order valence-corrected chi connectivity index (χ2v) is 4.77. The molecule has 15 heavy (non-hydrogen) atoms. The zero-order chi connectivity index (χ0) is 11.5. The summed E-state index contributed by atoms with van der Waals surface area (Å²) in [4.78, 5) is 11.0. The summed E-state index contributed by atoms with van der Waals surface area (Å²) in [6.07, 6.45) is 6.43. The maximum absolute atomic E-state index is 11.0. The van der Waals surface area contributed by atoms with E-state index in [0.29, 0.717) is 5.75 Å². The van der Waals surface area contributed by atoms with Crippen LogP contribution in [-0.2, 0) is 9.53 Å². The summed E-state index contributed by atoms with van der Waals surface area (Å²) in [5.74, 6) is 1.45. The van der Waals surface area contributed by atoms with Crippen LogP contribution in [-0.4, -0.2) is 30.6 Å². The zero-order valence-corrected chi connectivity index (χ0v) is 10.6. The van der Waals surface area contributed by atoms with E-state index >= 15 is 0 Å². The lowest BCUT2D eigenvalue weighted by molar-refractivity contribution is -0.141. The van der Waals surface area contributed by atoms with Gasteiger partial charge in [0.2, 0.25) is 0 Å². The van der Waals surface area contributed by atoms with E-state index in [1.807, 2.05) is 0 Å². The van der Waals surface area contributed by atoms with E-state index in [1.165, 1.54) is 39.2 Å². The number of hydrogen-bond acceptors (Lipinski definition) is 4. The van der Waals surface area contributed by atoms with Gasteiger partial charge in [-0.15, -0.1) is 0 Å². The van der Waals surface area contributed by atoms with Crippen molar-refractivity contribution in [1.82, 2.24) is 0 Å². The Balaban J connectivity index is 3.20. The van der Waals surface area contributed by atoms with Crippen molar-refractivity contribution in [1.29, 1.82) is 0 Å². The first kappa shape index (κ1) is 14.8. The third-order valence-corrected chi connectivity index (χ3v) is 3.37. The number of unbranched alkanes of at least 4 members (excludes halogenated alkanes) is 4. The van der Waals surface area contributed by atoms with Gasteiger partial charge in [0.25, 0.3) is 0 Å². The number of carbonyl (C=O) groups excluding carboxylic acids is 1. The molecule has 0 saturated carbocycles. The van der Waals surface area contributed by atoms with Crippen molar-refractivity contribution in [2.24, 2.45) is 5.73 Å². The van der Waals surface area contributed by atoms with Crippen molar-refractivity contribution < 1.29 is 9.53 Å². The standard InChI is InChI=1S/C11H23NO2S/c1-3-4-5-6-7-8-15-9-10(12)11(13)14-2/h10H,3-9,12H2,1-2H3. The van der Waals surface area contributed by atoms with Gasteiger partial charge in [0.1, 0.15) is 6.04 Å². The first-order chi connectivity index (χ1) is 7.22. The molecule has 0 bridgehead atoms. The highest BCUT2D eigenvalue weighted by atomic mass is 32.2. The summed E-state index contributed by atoms with van der Waals surface area (Å²) in [5.41, 5.74) is 5.59. The van der Waals surface area contributed by atoms with Crippen LogP contribution in [0.15, 0.2) is 0 Å². The van der Waals surface area contributed by atoms with Gasteiger partial charge in [-0.05, 0) is 12.2 Å². The van der Waals surface area contributed by atoms with E-state index in [0.717, 1.165) is 5.75 Å². The Kier molecular flexibility index (Phi) is 10.2. The van der Waals surface area contributed by atoms with Gasteiger partial charge in [-0.1, -0.05) is 32.6 Å². The number of methoxy groups -OCH3 is 1. The lowest BCUT2D eigenvalue weighted by Crippen LogP contribution is -2.33. The molecule has 1 unspecified atom stereocenters. The number of carbonyl (C=O) groups is 1. The van der Waals surface area contributed by atoms with Crippen LogP contribution in [0, 0.1) is 0 Å². The third kappa shape index (κ3) is 8.75. The van der Waals surface area contributed by atoms with E-state index in [4.69, 9.17) is 5.73 Å². The Labute approximate surface area is 97.1 Å². The molecule has 90 valence electrons. The predicted octanol–water partition coefficient (Wildman–Crippen LogP) is 2.19. The Bertz CT molecular complexity index is 165. The summed E-state index contributed by atoms with van der Waals surface area (Å²) in [6, 6.07) is -0.462. The van der Waals surface area contributed by atoms with Crippen LogP contribution in [0.4, 0.5) is 0 Å². The van der Waals surface area contributed by atoms with Crippen LogP contribution in [0.2, 0.25) is 0 Å². The van der Waals surface area contributed by atoms with Gasteiger partial charge in [0, 0.05) is 5.75 Å². The fraction of sp³-hybridized carbons (Fsp3) is 0.909. The van der Waals surface area contributed by atoms with Gasteiger partial charge in [-0.3, -0.25) is 4.79 Å². The molecule has 0 amide bonds. The van der Waals surface area contributed by atoms with E-state index in [9.17, 15) is 4.79 Å². The molecule has 0 spiro atoms. The topological polar surface area (TPSA) is 52.3 Å². The SMILES string of the molecule is CCCCCCCSCC(N)C(=O)OC. The second kappa shape index (κ2) is 10.3. The number of rotatable bonds is 9. The van der Waals surface area contributed by atoms with Gasteiger partial charge >= 0.3 is 5.97 Å². The molecule has 0 radical (unpaired) electrons. The molecular weight excluding hydrogens is 210 g/mol. The first-order valence-electron chi connectivity index (χ1n) is 5.63. The molecule has 4 heteroatoms. The molecule has 0 aliphatic heterocycles. The Hall–Kier alpha value is -0.220. The summed E-state index contributed by atoms with van der Waals surface area (Å²) in [6.45, 7) is 2.21. The summed E-state index contributed by atoms with van der Waals surface area (Å²) >= 11 is 1.74. The molecular formula is C11H23NO2S. The van der Waals surface area contributed by atoms with Crippen molar-refractivity contribution in [3.8, 4) is 0 Å². The number of hydrogen-bond donors (Lipinski definition) is 1. The van der Waals surface area contributed by atoms with Crippen LogP contribution in [0.25, 0.3) is 0 Å². The van der Waals surface area contributed by atoms with E-state index in [1.54, 1.807) is 11.8 Å². The van der Waals surface area contributed by atoms with Crippen LogP contribution in [0.3, 0.4) is 0 Å². The van der Waals surface area contributed by atoms with Crippen molar-refractivity contribution >= 4 is 17.7 Å². The zero-order valence-electron chi connectivity index (χ0n) is 9.83. The molecule has 2 N–H and O–H groups in total. The van der Waals surface area contributed by atoms with Gasteiger partial charge in [0.05, 0.1) is 7.11 Å². The van der Waals surface area contributed by atoms with Crippen molar-refractivity contribution in [2.75, 3.05) is 18.6 Å². The maximum atomic E-state index is 11.0. The van der Waals surface area contributed by atoms with Crippen molar-refractivity contribution in [3.63, 3.8) is 0 Å². The van der Waals surface area contributed by atoms with Crippen LogP contribution >= 0.6 is 11.8 Å². The third-order valence-electron chi connectivity index (χ3n) is 2.19. The highest BCUT2D eigenvalue weighted by Crippen LogP contribution is 2.09. The molecule has 0 saturated heterocycles. The summed E-state index contributed by atoms with van der Waals surface area (Å²) < 4.78 is 4.54. The average molecular weight is 233 g/mol. The highest BCUT2D eigenvalue weighted by Gasteiger charge is 2.12. The molecule has 0 aromatic rings. The normalized spacial score (nSPS) is 12.5. The van der Waals surface area contributed by atoms with E-state index in [2.05, 4.69) is 11.7 Å². The molecule has 0 aromatic heterocycles. The first-order valence-corrected chi connectivity index (χ1v) is 6.79. The van der Waals surface area contributed by atoms with Gasteiger partial charge in [0.15, 0.2) is 0 Å². The Morgan fingerprint density at radius 1 is 1.33 bits per heavy atom. The molecule has 0 fully saturated rings. The van der Waals surface area contributed by atoms with Crippen LogP contribution < -0.4 is 5.73 Å². The molecule has 0 aliphatic rings. The minimum atomic E-state index is -0.462. The van der Waals surface area contributed by atoms with Gasteiger partial charge < -0.3 is 10.5 Å². The number of nitrogens with two attached hydrogens (primary N) is 1. The molecule has 0 rings (SSSR count). The lowest BCUT2D eigenvalue weighted by atomic mass is 10.2. The average Bonchev–Trinajstić information content (AvgIpc) is 2.26. The minimum absolute atomic E-state index is 0.312. The second-order valence-electron chi connectivity index (χ2n) is 3.62. The monoisotopic (exact) mass is 233 g/mol. The molecule has 3 nitrogen and oxygen atoms in total. The Morgan fingerprint density at radius 3 is 2.60 bits per heavy atom. The van der Waals surface area contributed by atoms with Crippen LogP contribution in [0.5, 0.6) is 0 Å². The smallest absolute Gasteiger partial charge is 0.323 e. The molecule has 0 heterocycles. The van der Waals surface area contributed by atoms with E-state index < -0.39 is 6.04 Å². The Morgan fingerprint density at radius 2 is 2.00 bits per heavy atom. The number of esters is 1. The van der Waals surface area contributed by atoms with Crippen molar-refractivity contribution in [3.05, 3.63) is 0 Å². The lowest BCUT2D eigenvalue weighted by Gasteiger charge is -2.08. The summed E-state index contributed by atoms with van der Waals surface area (Å²) in [5, 5.41) is 0. The molecule has 1 atom stereocenters. The van der Waals surface area contributed by atoms with E-state index in [-0.39, 0.29) is 5.97 Å². The molecule has 0 aliphatic carbocycles. The predicted molar refractivity (Wildman–Crippen MR) is 66.1 cm³/mol. The highest BCUT2D eigenvalue weighted by molar-refractivity contribution is 7.99. The fourth-order valence-electron chi connectivity index (χ4n) is 1.24. The quantitative estimate of drug-likeness (QED) is 0.490. The van der Waals surface area contributed by atoms with Gasteiger partial charge in [-0.25, -0.2) is 0 Å². The number of thioether (sulfide) groups is 1. The summed E-state index contributed by atoms with van der Waals surface area (Å²) in [7, 11) is 1.37.